The lowest BCUT2D eigenvalue weighted by Crippen LogP contribution is -2.55. The summed E-state index contributed by atoms with van der Waals surface area (Å²) < 4.78 is 16.3. The van der Waals surface area contributed by atoms with Gasteiger partial charge in [-0.05, 0) is 31.5 Å². The Balaban J connectivity index is 1.95. The normalized spacial score (nSPS) is 21.2. The molecule has 0 aliphatic carbocycles. The van der Waals surface area contributed by atoms with E-state index < -0.39 is 0 Å². The molecular weight excluding hydrogens is 284 g/mol. The number of carbonyl (C=O) groups excluding carboxylic acids is 1. The van der Waals surface area contributed by atoms with E-state index in [2.05, 4.69) is 10.6 Å². The second kappa shape index (κ2) is 8.00. The molecule has 2 rings (SSSR count). The molecule has 0 unspecified atom stereocenters. The minimum absolute atomic E-state index is 0.0547. The average molecular weight is 308 g/mol. The van der Waals surface area contributed by atoms with Crippen molar-refractivity contribution in [1.82, 2.24) is 10.6 Å². The molecule has 0 saturated carbocycles. The van der Waals surface area contributed by atoms with E-state index in [0.717, 1.165) is 5.56 Å². The second-order valence-corrected chi connectivity index (χ2v) is 5.14. The lowest BCUT2D eigenvalue weighted by atomic mass is 10.1. The third-order valence-corrected chi connectivity index (χ3v) is 3.59. The van der Waals surface area contributed by atoms with Crippen molar-refractivity contribution in [2.75, 3.05) is 26.9 Å². The third kappa shape index (κ3) is 4.11. The second-order valence-electron chi connectivity index (χ2n) is 5.14. The summed E-state index contributed by atoms with van der Waals surface area (Å²) in [6.07, 6.45) is -0.122. The van der Waals surface area contributed by atoms with Gasteiger partial charge in [0.05, 0.1) is 26.4 Å². The van der Waals surface area contributed by atoms with Crippen LogP contribution in [0.5, 0.6) is 11.5 Å². The molecule has 22 heavy (non-hydrogen) atoms. The van der Waals surface area contributed by atoms with E-state index in [4.69, 9.17) is 14.2 Å². The molecule has 0 spiro atoms. The zero-order chi connectivity index (χ0) is 15.9. The summed E-state index contributed by atoms with van der Waals surface area (Å²) in [4.78, 5) is 12.2. The average Bonchev–Trinajstić information content (AvgIpc) is 2.53. The van der Waals surface area contributed by atoms with Gasteiger partial charge >= 0.3 is 0 Å². The van der Waals surface area contributed by atoms with E-state index in [0.29, 0.717) is 37.8 Å². The van der Waals surface area contributed by atoms with Gasteiger partial charge in [-0.2, -0.15) is 0 Å². The summed E-state index contributed by atoms with van der Waals surface area (Å²) in [5.41, 5.74) is 0.960. The Labute approximate surface area is 131 Å². The van der Waals surface area contributed by atoms with E-state index in [1.54, 1.807) is 7.11 Å². The van der Waals surface area contributed by atoms with Gasteiger partial charge in [0.1, 0.15) is 6.04 Å². The van der Waals surface area contributed by atoms with Gasteiger partial charge in [0.2, 0.25) is 5.91 Å². The number of hydrogen-bond donors (Lipinski definition) is 2. The molecular formula is C16H24N2O4. The molecule has 1 fully saturated rings. The van der Waals surface area contributed by atoms with Gasteiger partial charge in [0.25, 0.3) is 0 Å². The minimum atomic E-state index is -0.307. The number of methoxy groups -OCH3 is 1. The fourth-order valence-electron chi connectivity index (χ4n) is 2.43. The Morgan fingerprint density at radius 2 is 2.27 bits per heavy atom. The van der Waals surface area contributed by atoms with Crippen LogP contribution in [0.15, 0.2) is 18.2 Å². The predicted octanol–water partition coefficient (Wildman–Crippen LogP) is 1.09. The van der Waals surface area contributed by atoms with Gasteiger partial charge < -0.3 is 24.8 Å². The summed E-state index contributed by atoms with van der Waals surface area (Å²) in [6, 6.07) is 5.34. The van der Waals surface area contributed by atoms with Crippen LogP contribution in [0.25, 0.3) is 0 Å². The van der Waals surface area contributed by atoms with Crippen molar-refractivity contribution in [3.05, 3.63) is 23.8 Å². The smallest absolute Gasteiger partial charge is 0.240 e. The maximum atomic E-state index is 12.2. The van der Waals surface area contributed by atoms with Gasteiger partial charge in [-0.15, -0.1) is 0 Å². The Morgan fingerprint density at radius 1 is 1.45 bits per heavy atom. The van der Waals surface area contributed by atoms with Crippen molar-refractivity contribution in [3.63, 3.8) is 0 Å². The quantitative estimate of drug-likeness (QED) is 0.823. The number of nitrogens with one attached hydrogen (secondary N) is 2. The van der Waals surface area contributed by atoms with Crippen molar-refractivity contribution in [2.45, 2.75) is 32.5 Å². The molecule has 1 aliphatic heterocycles. The Hall–Kier alpha value is -1.79. The van der Waals surface area contributed by atoms with Crippen LogP contribution in [-0.4, -0.2) is 44.9 Å². The Kier molecular flexibility index (Phi) is 6.03. The molecule has 2 atom stereocenters. The maximum absolute atomic E-state index is 12.2. The van der Waals surface area contributed by atoms with E-state index in [1.165, 1.54) is 0 Å². The molecule has 1 aromatic carbocycles. The third-order valence-electron chi connectivity index (χ3n) is 3.59. The van der Waals surface area contributed by atoms with Crippen molar-refractivity contribution in [2.24, 2.45) is 0 Å². The highest BCUT2D eigenvalue weighted by molar-refractivity contribution is 5.82. The van der Waals surface area contributed by atoms with Crippen LogP contribution in [0.3, 0.4) is 0 Å². The lowest BCUT2D eigenvalue weighted by molar-refractivity contribution is -0.129. The Bertz CT molecular complexity index is 507. The van der Waals surface area contributed by atoms with Gasteiger partial charge in [-0.3, -0.25) is 4.79 Å². The standard InChI is InChI=1S/C16H24N2O4/c1-4-21-14-9-12(5-6-13(14)20-3)10-18-16(19)15-11(2)22-8-7-17-15/h5-6,9,11,15,17H,4,7-8,10H2,1-3H3,(H,18,19)/t11-,15+/m1/s1. The van der Waals surface area contributed by atoms with Gasteiger partial charge in [0.15, 0.2) is 11.5 Å². The maximum Gasteiger partial charge on any atom is 0.240 e. The number of hydrogen-bond acceptors (Lipinski definition) is 5. The number of ether oxygens (including phenoxy) is 3. The number of morpholine rings is 1. The van der Waals surface area contributed by atoms with E-state index in [-0.39, 0.29) is 18.1 Å². The van der Waals surface area contributed by atoms with Gasteiger partial charge in [0, 0.05) is 13.1 Å². The molecule has 1 heterocycles. The molecule has 122 valence electrons. The lowest BCUT2D eigenvalue weighted by Gasteiger charge is -2.29. The van der Waals surface area contributed by atoms with E-state index in [1.807, 2.05) is 32.0 Å². The highest BCUT2D eigenvalue weighted by Gasteiger charge is 2.27. The van der Waals surface area contributed by atoms with Crippen LogP contribution in [0.2, 0.25) is 0 Å². The summed E-state index contributed by atoms with van der Waals surface area (Å²) in [5.74, 6) is 1.32. The molecule has 2 N–H and O–H groups in total. The highest BCUT2D eigenvalue weighted by Crippen LogP contribution is 2.27. The molecule has 6 heteroatoms. The molecule has 1 aliphatic rings. The summed E-state index contributed by atoms with van der Waals surface area (Å²) in [7, 11) is 1.61. The first-order chi connectivity index (χ1) is 10.7. The number of carbonyl (C=O) groups is 1. The highest BCUT2D eigenvalue weighted by atomic mass is 16.5. The van der Waals surface area contributed by atoms with Crippen molar-refractivity contribution >= 4 is 5.91 Å². The van der Waals surface area contributed by atoms with Gasteiger partial charge in [-0.25, -0.2) is 0 Å². The van der Waals surface area contributed by atoms with Crippen molar-refractivity contribution < 1.29 is 19.0 Å². The fourth-order valence-corrected chi connectivity index (χ4v) is 2.43. The first-order valence-corrected chi connectivity index (χ1v) is 7.58. The summed E-state index contributed by atoms with van der Waals surface area (Å²) >= 11 is 0. The SMILES string of the molecule is CCOc1cc(CNC(=O)[C@H]2NCCO[C@@H]2C)ccc1OC. The molecule has 1 amide bonds. The van der Waals surface area contributed by atoms with Crippen LogP contribution in [0.4, 0.5) is 0 Å². The minimum Gasteiger partial charge on any atom is -0.493 e. The van der Waals surface area contributed by atoms with Crippen LogP contribution >= 0.6 is 0 Å². The molecule has 0 bridgehead atoms. The zero-order valence-corrected chi connectivity index (χ0v) is 13.3. The number of benzene rings is 1. The molecule has 1 saturated heterocycles. The van der Waals surface area contributed by atoms with Crippen LogP contribution in [0, 0.1) is 0 Å². The molecule has 0 aromatic heterocycles. The van der Waals surface area contributed by atoms with E-state index >= 15 is 0 Å². The molecule has 6 nitrogen and oxygen atoms in total. The predicted molar refractivity (Wildman–Crippen MR) is 83.2 cm³/mol. The van der Waals surface area contributed by atoms with Crippen molar-refractivity contribution in [3.8, 4) is 11.5 Å². The molecule has 0 radical (unpaired) electrons. The first-order valence-electron chi connectivity index (χ1n) is 7.58. The zero-order valence-electron chi connectivity index (χ0n) is 13.3. The van der Waals surface area contributed by atoms with Crippen LogP contribution in [0.1, 0.15) is 19.4 Å². The molecule has 1 aromatic rings. The number of amides is 1. The van der Waals surface area contributed by atoms with Gasteiger partial charge in [-0.1, -0.05) is 6.07 Å². The number of rotatable bonds is 6. The monoisotopic (exact) mass is 308 g/mol. The topological polar surface area (TPSA) is 68.8 Å². The van der Waals surface area contributed by atoms with Crippen molar-refractivity contribution in [1.29, 1.82) is 0 Å². The fraction of sp³-hybridized carbons (Fsp3) is 0.562. The summed E-state index contributed by atoms with van der Waals surface area (Å²) in [6.45, 7) is 6.16. The Morgan fingerprint density at radius 3 is 2.95 bits per heavy atom. The summed E-state index contributed by atoms with van der Waals surface area (Å²) in [5, 5.41) is 6.10. The largest absolute Gasteiger partial charge is 0.493 e. The van der Waals surface area contributed by atoms with Crippen LogP contribution in [-0.2, 0) is 16.1 Å². The van der Waals surface area contributed by atoms with Crippen LogP contribution < -0.4 is 20.1 Å². The van der Waals surface area contributed by atoms with E-state index in [9.17, 15) is 4.79 Å². The first kappa shape index (κ1) is 16.6.